The van der Waals surface area contributed by atoms with E-state index in [-0.39, 0.29) is 16.9 Å². The van der Waals surface area contributed by atoms with Crippen molar-refractivity contribution in [2.75, 3.05) is 0 Å². The van der Waals surface area contributed by atoms with Gasteiger partial charge < -0.3 is 14.5 Å². The summed E-state index contributed by atoms with van der Waals surface area (Å²) in [5, 5.41) is 10.6. The molecule has 0 aliphatic carbocycles. The van der Waals surface area contributed by atoms with Crippen LogP contribution in [0.1, 0.15) is 65.2 Å². The number of hydrogen-bond acceptors (Lipinski definition) is 3. The van der Waals surface area contributed by atoms with Crippen LogP contribution in [0.5, 0.6) is 5.75 Å². The van der Waals surface area contributed by atoms with E-state index in [2.05, 4.69) is 41.5 Å². The molecule has 2 atom stereocenters. The maximum Gasteiger partial charge on any atom is 0.316 e. The van der Waals surface area contributed by atoms with Crippen LogP contribution in [-0.4, -0.2) is 16.1 Å². The van der Waals surface area contributed by atoms with Gasteiger partial charge in [-0.3, -0.25) is 4.57 Å². The molecule has 2 unspecified atom stereocenters. The van der Waals surface area contributed by atoms with Crippen molar-refractivity contribution < 1.29 is 19.1 Å². The van der Waals surface area contributed by atoms with Crippen LogP contribution in [0.3, 0.4) is 0 Å². The molecular formula is C17H29O4P. The smallest absolute Gasteiger partial charge is 0.316 e. The van der Waals surface area contributed by atoms with E-state index in [9.17, 15) is 9.67 Å². The number of aromatic hydroxyl groups is 1. The number of hydrogen-bond donors (Lipinski definition) is 2. The van der Waals surface area contributed by atoms with Crippen molar-refractivity contribution in [3.63, 3.8) is 0 Å². The molecule has 0 amide bonds. The molecule has 0 aromatic heterocycles. The molecule has 1 rings (SSSR count). The Balaban J connectivity index is 3.32. The third-order valence-electron chi connectivity index (χ3n) is 3.61. The standard InChI is InChI=1S/C17H29O4P/c1-11(21-22(19)20)8-12-9-13(16(2,3)4)15(18)14(10-12)17(5,6)7/h9-11,18,22H,8H2,1-7H3,(H,19,20). The quantitative estimate of drug-likeness (QED) is 0.808. The summed E-state index contributed by atoms with van der Waals surface area (Å²) < 4.78 is 15.8. The lowest BCUT2D eigenvalue weighted by atomic mass is 9.78. The van der Waals surface area contributed by atoms with Gasteiger partial charge in [-0.1, -0.05) is 53.7 Å². The van der Waals surface area contributed by atoms with Crippen molar-refractivity contribution in [2.24, 2.45) is 0 Å². The van der Waals surface area contributed by atoms with E-state index in [1.165, 1.54) is 0 Å². The van der Waals surface area contributed by atoms with Crippen LogP contribution in [0.2, 0.25) is 0 Å². The Labute approximate surface area is 134 Å². The number of phenols is 1. The molecule has 1 aromatic carbocycles. The van der Waals surface area contributed by atoms with Crippen molar-refractivity contribution in [3.8, 4) is 5.75 Å². The first-order valence-electron chi connectivity index (χ1n) is 7.59. The molecule has 0 radical (unpaired) electrons. The van der Waals surface area contributed by atoms with Gasteiger partial charge >= 0.3 is 8.25 Å². The van der Waals surface area contributed by atoms with Gasteiger partial charge in [0.2, 0.25) is 0 Å². The minimum atomic E-state index is -2.94. The van der Waals surface area contributed by atoms with Crippen LogP contribution >= 0.6 is 8.25 Å². The summed E-state index contributed by atoms with van der Waals surface area (Å²) in [5.74, 6) is 0.341. The maximum absolute atomic E-state index is 10.8. The lowest BCUT2D eigenvalue weighted by Crippen LogP contribution is -2.19. The highest BCUT2D eigenvalue weighted by Gasteiger charge is 2.26. The van der Waals surface area contributed by atoms with Crippen molar-refractivity contribution in [3.05, 3.63) is 28.8 Å². The van der Waals surface area contributed by atoms with Gasteiger partial charge in [-0.2, -0.15) is 0 Å². The molecular weight excluding hydrogens is 299 g/mol. The number of phenolic OH excluding ortho intramolecular Hbond substituents is 1. The fourth-order valence-corrected chi connectivity index (χ4v) is 2.93. The summed E-state index contributed by atoms with van der Waals surface area (Å²) in [7, 11) is -2.94. The molecule has 0 spiro atoms. The van der Waals surface area contributed by atoms with E-state index in [4.69, 9.17) is 9.42 Å². The van der Waals surface area contributed by atoms with Gasteiger partial charge in [-0.05, 0) is 40.9 Å². The van der Waals surface area contributed by atoms with Crippen molar-refractivity contribution in [1.29, 1.82) is 0 Å². The van der Waals surface area contributed by atoms with E-state index >= 15 is 0 Å². The highest BCUT2D eigenvalue weighted by Crippen LogP contribution is 2.40. The number of benzene rings is 1. The molecule has 0 bridgehead atoms. The minimum Gasteiger partial charge on any atom is -0.507 e. The van der Waals surface area contributed by atoms with E-state index in [1.807, 2.05) is 12.1 Å². The maximum atomic E-state index is 10.8. The Morgan fingerprint density at radius 3 is 1.82 bits per heavy atom. The molecule has 22 heavy (non-hydrogen) atoms. The first-order chi connectivity index (χ1) is 9.82. The second-order valence-corrected chi connectivity index (χ2v) is 8.71. The molecule has 5 heteroatoms. The first-order valence-corrected chi connectivity index (χ1v) is 8.85. The van der Waals surface area contributed by atoms with Gasteiger partial charge in [0.1, 0.15) is 5.75 Å². The third kappa shape index (κ3) is 5.12. The molecule has 2 N–H and O–H groups in total. The molecule has 0 aliphatic rings. The fraction of sp³-hybridized carbons (Fsp3) is 0.647. The zero-order chi connectivity index (χ0) is 17.3. The summed E-state index contributed by atoms with van der Waals surface area (Å²) in [6.45, 7) is 14.1. The summed E-state index contributed by atoms with van der Waals surface area (Å²) in [5.41, 5.74) is 2.41. The van der Waals surface area contributed by atoms with Gasteiger partial charge in [0.05, 0.1) is 6.10 Å². The molecule has 0 heterocycles. The predicted molar refractivity (Wildman–Crippen MR) is 91.0 cm³/mol. The van der Waals surface area contributed by atoms with Crippen LogP contribution in [0.15, 0.2) is 12.1 Å². The Bertz CT molecular complexity index is 518. The Morgan fingerprint density at radius 1 is 1.09 bits per heavy atom. The molecule has 1 aromatic rings. The van der Waals surface area contributed by atoms with Crippen molar-refractivity contribution in [2.45, 2.75) is 71.8 Å². The van der Waals surface area contributed by atoms with Crippen LogP contribution < -0.4 is 0 Å². The van der Waals surface area contributed by atoms with E-state index in [0.717, 1.165) is 16.7 Å². The first kappa shape index (κ1) is 19.2. The zero-order valence-corrected chi connectivity index (χ0v) is 15.7. The summed E-state index contributed by atoms with van der Waals surface area (Å²) in [4.78, 5) is 8.90. The number of rotatable bonds is 4. The van der Waals surface area contributed by atoms with Crippen LogP contribution in [-0.2, 0) is 26.3 Å². The van der Waals surface area contributed by atoms with Gasteiger partial charge in [0.15, 0.2) is 0 Å². The van der Waals surface area contributed by atoms with Gasteiger partial charge in [0.25, 0.3) is 0 Å². The highest BCUT2D eigenvalue weighted by molar-refractivity contribution is 7.32. The Kier molecular flexibility index (Phi) is 5.88. The second-order valence-electron chi connectivity index (χ2n) is 7.94. The molecule has 0 saturated heterocycles. The summed E-state index contributed by atoms with van der Waals surface area (Å²) >= 11 is 0. The Hall–Kier alpha value is -0.830. The monoisotopic (exact) mass is 328 g/mol. The van der Waals surface area contributed by atoms with Crippen LogP contribution in [0.4, 0.5) is 0 Å². The van der Waals surface area contributed by atoms with Crippen LogP contribution in [0.25, 0.3) is 0 Å². The van der Waals surface area contributed by atoms with Gasteiger partial charge in [-0.15, -0.1) is 0 Å². The third-order valence-corrected chi connectivity index (χ3v) is 4.21. The zero-order valence-electron chi connectivity index (χ0n) is 14.7. The lowest BCUT2D eigenvalue weighted by Gasteiger charge is -2.28. The molecule has 4 nitrogen and oxygen atoms in total. The minimum absolute atomic E-state index is 0.186. The summed E-state index contributed by atoms with van der Waals surface area (Å²) in [6.07, 6.45) is 0.185. The second kappa shape index (κ2) is 6.74. The predicted octanol–water partition coefficient (Wildman–Crippen LogP) is 4.32. The highest BCUT2D eigenvalue weighted by atomic mass is 31.1. The van der Waals surface area contributed by atoms with E-state index < -0.39 is 8.25 Å². The molecule has 0 aliphatic heterocycles. The van der Waals surface area contributed by atoms with Crippen molar-refractivity contribution in [1.82, 2.24) is 0 Å². The van der Waals surface area contributed by atoms with E-state index in [0.29, 0.717) is 12.2 Å². The van der Waals surface area contributed by atoms with E-state index in [1.54, 1.807) is 6.92 Å². The normalized spacial score (nSPS) is 15.6. The topological polar surface area (TPSA) is 66.8 Å². The Morgan fingerprint density at radius 2 is 1.50 bits per heavy atom. The average Bonchev–Trinajstić information content (AvgIpc) is 2.26. The SMILES string of the molecule is CC(Cc1cc(C(C)(C)C)c(O)c(C(C)(C)C)c1)O[PH](=O)O. The molecule has 0 fully saturated rings. The lowest BCUT2D eigenvalue weighted by molar-refractivity contribution is 0.205. The van der Waals surface area contributed by atoms with Gasteiger partial charge in [0, 0.05) is 0 Å². The van der Waals surface area contributed by atoms with Crippen LogP contribution in [0, 0.1) is 0 Å². The summed E-state index contributed by atoms with van der Waals surface area (Å²) in [6, 6.07) is 3.94. The molecule has 126 valence electrons. The fourth-order valence-electron chi connectivity index (χ4n) is 2.50. The molecule has 0 saturated carbocycles. The van der Waals surface area contributed by atoms with Gasteiger partial charge in [-0.25, -0.2) is 0 Å². The van der Waals surface area contributed by atoms with Crippen molar-refractivity contribution >= 4 is 8.25 Å². The largest absolute Gasteiger partial charge is 0.507 e. The average molecular weight is 328 g/mol.